The molecule has 3 aliphatic rings. The van der Waals surface area contributed by atoms with E-state index in [0.29, 0.717) is 30.1 Å². The lowest BCUT2D eigenvalue weighted by Gasteiger charge is -2.41. The standard InChI is InChI=1S/C29H42N6O4/c1-19-16-33(17-20-7-6-12-34(18-20)28(38)39-29(2,3)4)13-10-22(19)21-8-9-23-24(15-21)32(5)31-26(23)35-14-11-25(36)30-27(35)37/h8-9,15,19-20,22H,6-7,10-14,16-18H2,1-5H3,(H,30,36,37). The summed E-state index contributed by atoms with van der Waals surface area (Å²) in [5.74, 6) is 1.77. The molecule has 5 rings (SSSR count). The van der Waals surface area contributed by atoms with E-state index < -0.39 is 11.6 Å². The Morgan fingerprint density at radius 3 is 2.64 bits per heavy atom. The summed E-state index contributed by atoms with van der Waals surface area (Å²) in [5.41, 5.74) is 1.83. The van der Waals surface area contributed by atoms with E-state index in [4.69, 9.17) is 4.74 Å². The van der Waals surface area contributed by atoms with Crippen LogP contribution in [0.1, 0.15) is 64.9 Å². The van der Waals surface area contributed by atoms with Crippen LogP contribution < -0.4 is 10.2 Å². The fraction of sp³-hybridized carbons (Fsp3) is 0.655. The van der Waals surface area contributed by atoms with Crippen LogP contribution in [0.25, 0.3) is 10.9 Å². The second-order valence-corrected chi connectivity index (χ2v) is 12.5. The average Bonchev–Trinajstić information content (AvgIpc) is 3.19. The van der Waals surface area contributed by atoms with Crippen molar-refractivity contribution in [2.75, 3.05) is 44.2 Å². The fourth-order valence-corrected chi connectivity index (χ4v) is 6.42. The zero-order valence-corrected chi connectivity index (χ0v) is 23.9. The number of carbonyl (C=O) groups is 3. The lowest BCUT2D eigenvalue weighted by atomic mass is 9.81. The first kappa shape index (κ1) is 27.4. The topological polar surface area (TPSA) is 100 Å². The average molecular weight is 539 g/mol. The Kier molecular flexibility index (Phi) is 7.59. The van der Waals surface area contributed by atoms with Crippen molar-refractivity contribution in [2.24, 2.45) is 18.9 Å². The number of aryl methyl sites for hydroxylation is 1. The van der Waals surface area contributed by atoms with Crippen LogP contribution in [-0.2, 0) is 16.6 Å². The number of piperidine rings is 2. The smallest absolute Gasteiger partial charge is 0.410 e. The predicted molar refractivity (Wildman–Crippen MR) is 150 cm³/mol. The van der Waals surface area contributed by atoms with Gasteiger partial charge in [0.2, 0.25) is 5.91 Å². The number of nitrogens with one attached hydrogen (secondary N) is 1. The van der Waals surface area contributed by atoms with E-state index in [1.165, 1.54) is 5.56 Å². The number of fused-ring (bicyclic) bond motifs is 1. The third kappa shape index (κ3) is 6.05. The van der Waals surface area contributed by atoms with Gasteiger partial charge in [0.05, 0.1) is 5.52 Å². The van der Waals surface area contributed by atoms with Crippen LogP contribution in [0.4, 0.5) is 15.4 Å². The largest absolute Gasteiger partial charge is 0.444 e. The molecule has 1 N–H and O–H groups in total. The van der Waals surface area contributed by atoms with E-state index in [-0.39, 0.29) is 18.4 Å². The molecule has 3 unspecified atom stereocenters. The van der Waals surface area contributed by atoms with Crippen molar-refractivity contribution in [2.45, 2.75) is 64.9 Å². The number of imide groups is 1. The van der Waals surface area contributed by atoms with E-state index in [1.54, 1.807) is 4.90 Å². The molecule has 0 spiro atoms. The number of rotatable bonds is 4. The molecule has 39 heavy (non-hydrogen) atoms. The van der Waals surface area contributed by atoms with Crippen molar-refractivity contribution in [1.82, 2.24) is 24.9 Å². The minimum atomic E-state index is -0.468. The van der Waals surface area contributed by atoms with Gasteiger partial charge < -0.3 is 14.5 Å². The van der Waals surface area contributed by atoms with Gasteiger partial charge in [0, 0.05) is 51.6 Å². The number of likely N-dealkylation sites (tertiary alicyclic amines) is 2. The summed E-state index contributed by atoms with van der Waals surface area (Å²) >= 11 is 0. The lowest BCUT2D eigenvalue weighted by molar-refractivity contribution is -0.120. The highest BCUT2D eigenvalue weighted by atomic mass is 16.6. The number of aromatic nitrogens is 2. The molecule has 0 radical (unpaired) electrons. The molecule has 3 saturated heterocycles. The molecule has 4 amide bonds. The number of hydrogen-bond acceptors (Lipinski definition) is 6. The second-order valence-electron chi connectivity index (χ2n) is 12.5. The molecule has 212 valence electrons. The number of carbonyl (C=O) groups excluding carboxylic acids is 3. The van der Waals surface area contributed by atoms with Gasteiger partial charge in [0.25, 0.3) is 0 Å². The Labute approximate surface area is 230 Å². The SMILES string of the molecule is CC1CN(CC2CCCN(C(=O)OC(C)(C)C)C2)CCC1c1ccc2c(N3CCC(=O)NC3=O)nn(C)c2c1. The van der Waals surface area contributed by atoms with Gasteiger partial charge in [-0.05, 0) is 82.0 Å². The lowest BCUT2D eigenvalue weighted by Crippen LogP contribution is -2.49. The fourth-order valence-electron chi connectivity index (χ4n) is 6.42. The zero-order valence-electron chi connectivity index (χ0n) is 23.9. The van der Waals surface area contributed by atoms with Gasteiger partial charge in [0.15, 0.2) is 5.82 Å². The number of amides is 4. The molecular weight excluding hydrogens is 496 g/mol. The highest BCUT2D eigenvalue weighted by Gasteiger charge is 2.33. The van der Waals surface area contributed by atoms with Gasteiger partial charge in [-0.2, -0.15) is 5.10 Å². The first-order valence-corrected chi connectivity index (χ1v) is 14.3. The Morgan fingerprint density at radius 1 is 1.13 bits per heavy atom. The van der Waals surface area contributed by atoms with E-state index in [1.807, 2.05) is 37.4 Å². The molecule has 1 aromatic heterocycles. The third-order valence-electron chi connectivity index (χ3n) is 8.27. The van der Waals surface area contributed by atoms with E-state index in [2.05, 4.69) is 40.4 Å². The van der Waals surface area contributed by atoms with Crippen molar-refractivity contribution >= 4 is 34.8 Å². The third-order valence-corrected chi connectivity index (χ3v) is 8.27. The summed E-state index contributed by atoms with van der Waals surface area (Å²) in [4.78, 5) is 42.6. The molecule has 3 fully saturated rings. The van der Waals surface area contributed by atoms with Gasteiger partial charge in [-0.15, -0.1) is 0 Å². The van der Waals surface area contributed by atoms with Crippen molar-refractivity contribution in [3.8, 4) is 0 Å². The predicted octanol–water partition coefficient (Wildman–Crippen LogP) is 4.09. The van der Waals surface area contributed by atoms with E-state index in [9.17, 15) is 14.4 Å². The monoisotopic (exact) mass is 538 g/mol. The van der Waals surface area contributed by atoms with Crippen molar-refractivity contribution in [3.63, 3.8) is 0 Å². The molecule has 2 aromatic rings. The zero-order chi connectivity index (χ0) is 27.9. The van der Waals surface area contributed by atoms with Gasteiger partial charge >= 0.3 is 12.1 Å². The molecule has 4 heterocycles. The minimum Gasteiger partial charge on any atom is -0.444 e. The molecule has 1 aromatic carbocycles. The number of ether oxygens (including phenoxy) is 1. The van der Waals surface area contributed by atoms with Gasteiger partial charge in [-0.1, -0.05) is 13.0 Å². The maximum Gasteiger partial charge on any atom is 0.410 e. The number of hydrogen-bond donors (Lipinski definition) is 1. The summed E-state index contributed by atoms with van der Waals surface area (Å²) in [7, 11) is 1.90. The molecule has 3 atom stereocenters. The first-order valence-electron chi connectivity index (χ1n) is 14.3. The van der Waals surface area contributed by atoms with Crippen LogP contribution in [0, 0.1) is 11.8 Å². The van der Waals surface area contributed by atoms with Crippen molar-refractivity contribution in [1.29, 1.82) is 0 Å². The van der Waals surface area contributed by atoms with Gasteiger partial charge in [-0.25, -0.2) is 9.59 Å². The quantitative estimate of drug-likeness (QED) is 0.630. The Hall–Kier alpha value is -3.14. The highest BCUT2D eigenvalue weighted by Crippen LogP contribution is 2.36. The Bertz CT molecular complexity index is 1250. The molecule has 0 bridgehead atoms. The summed E-state index contributed by atoms with van der Waals surface area (Å²) in [6.07, 6.45) is 3.34. The Balaban J connectivity index is 1.22. The summed E-state index contributed by atoms with van der Waals surface area (Å²) in [6.45, 7) is 13.1. The Morgan fingerprint density at radius 2 is 1.92 bits per heavy atom. The van der Waals surface area contributed by atoms with Gasteiger partial charge in [0.1, 0.15) is 5.60 Å². The number of benzene rings is 1. The summed E-state index contributed by atoms with van der Waals surface area (Å²) in [5, 5.41) is 7.94. The van der Waals surface area contributed by atoms with Crippen molar-refractivity contribution < 1.29 is 19.1 Å². The van der Waals surface area contributed by atoms with Crippen LogP contribution in [0.5, 0.6) is 0 Å². The highest BCUT2D eigenvalue weighted by molar-refractivity contribution is 6.08. The van der Waals surface area contributed by atoms with Crippen LogP contribution >= 0.6 is 0 Å². The van der Waals surface area contributed by atoms with Crippen LogP contribution in [0.15, 0.2) is 18.2 Å². The normalized spacial score (nSPS) is 25.2. The van der Waals surface area contributed by atoms with E-state index >= 15 is 0 Å². The molecule has 10 heteroatoms. The molecule has 0 saturated carbocycles. The molecule has 0 aliphatic carbocycles. The summed E-state index contributed by atoms with van der Waals surface area (Å²) < 4.78 is 7.44. The maximum absolute atomic E-state index is 12.6. The molecular formula is C29H42N6O4. The van der Waals surface area contributed by atoms with Crippen LogP contribution in [0.2, 0.25) is 0 Å². The van der Waals surface area contributed by atoms with Gasteiger partial charge in [-0.3, -0.25) is 19.7 Å². The van der Waals surface area contributed by atoms with Crippen LogP contribution in [-0.4, -0.2) is 82.5 Å². The van der Waals surface area contributed by atoms with E-state index in [0.717, 1.165) is 62.9 Å². The molecule has 3 aliphatic heterocycles. The molecule has 10 nitrogen and oxygen atoms in total. The van der Waals surface area contributed by atoms with Crippen LogP contribution in [0.3, 0.4) is 0 Å². The number of anilines is 1. The summed E-state index contributed by atoms with van der Waals surface area (Å²) in [6, 6.07) is 6.05. The number of urea groups is 1. The maximum atomic E-state index is 12.6. The minimum absolute atomic E-state index is 0.192. The van der Waals surface area contributed by atoms with Crippen molar-refractivity contribution in [3.05, 3.63) is 23.8 Å². The second kappa shape index (κ2) is 10.8. The number of nitrogens with zero attached hydrogens (tertiary/aromatic N) is 5. The first-order chi connectivity index (χ1) is 18.5.